The van der Waals surface area contributed by atoms with Crippen LogP contribution in [-0.2, 0) is 14.3 Å². The third kappa shape index (κ3) is 3.46. The molecule has 0 aromatic heterocycles. The first kappa shape index (κ1) is 16.5. The maximum Gasteiger partial charge on any atom is 0.310 e. The predicted molar refractivity (Wildman–Crippen MR) is 88.6 cm³/mol. The Morgan fingerprint density at radius 1 is 1.09 bits per heavy atom. The van der Waals surface area contributed by atoms with Crippen LogP contribution in [0.3, 0.4) is 0 Å². The van der Waals surface area contributed by atoms with Crippen LogP contribution in [0.15, 0.2) is 12.2 Å². The molecule has 0 unspecified atom stereocenters. The Labute approximate surface area is 139 Å². The van der Waals surface area contributed by atoms with Crippen LogP contribution in [0, 0.1) is 29.6 Å². The smallest absolute Gasteiger partial charge is 0.310 e. The van der Waals surface area contributed by atoms with Gasteiger partial charge in [-0.15, -0.1) is 0 Å². The zero-order valence-corrected chi connectivity index (χ0v) is 14.4. The summed E-state index contributed by atoms with van der Waals surface area (Å²) in [6, 6.07) is 0. The molecule has 4 saturated carbocycles. The van der Waals surface area contributed by atoms with Crippen LogP contribution in [0.4, 0.5) is 0 Å². The van der Waals surface area contributed by atoms with E-state index < -0.39 is 0 Å². The summed E-state index contributed by atoms with van der Waals surface area (Å²) in [6.07, 6.45) is 6.14. The quantitative estimate of drug-likeness (QED) is 0.558. The standard InChI is InChI=1S/C19H29NO3/c1-4-20(10-12(2)3)17(21)11-23-19(22)18-15-6-13-5-14(8-15)9-16(18)7-13/h13-16,18H,2,4-11H2,1,3H3. The fourth-order valence-corrected chi connectivity index (χ4v) is 5.33. The monoisotopic (exact) mass is 319 g/mol. The van der Waals surface area contributed by atoms with E-state index in [1.165, 1.54) is 32.1 Å². The van der Waals surface area contributed by atoms with Gasteiger partial charge in [-0.3, -0.25) is 9.59 Å². The molecule has 4 aliphatic carbocycles. The Hall–Kier alpha value is -1.32. The Bertz CT molecular complexity index is 471. The van der Waals surface area contributed by atoms with Gasteiger partial charge in [0.15, 0.2) is 6.61 Å². The normalized spacial score (nSPS) is 34.3. The van der Waals surface area contributed by atoms with Crippen LogP contribution in [0.25, 0.3) is 0 Å². The van der Waals surface area contributed by atoms with Crippen molar-refractivity contribution < 1.29 is 14.3 Å². The molecule has 0 saturated heterocycles. The Balaban J connectivity index is 1.53. The van der Waals surface area contributed by atoms with E-state index in [1.54, 1.807) is 4.90 Å². The predicted octanol–water partition coefficient (Wildman–Crippen LogP) is 3.03. The van der Waals surface area contributed by atoms with Crippen LogP contribution < -0.4 is 0 Å². The fraction of sp³-hybridized carbons (Fsp3) is 0.789. The third-order valence-corrected chi connectivity index (χ3v) is 6.03. The van der Waals surface area contributed by atoms with E-state index >= 15 is 0 Å². The number of ether oxygens (including phenoxy) is 1. The zero-order valence-electron chi connectivity index (χ0n) is 14.4. The van der Waals surface area contributed by atoms with Crippen LogP contribution in [-0.4, -0.2) is 36.5 Å². The lowest BCUT2D eigenvalue weighted by molar-refractivity contribution is -0.166. The molecule has 0 aliphatic heterocycles. The van der Waals surface area contributed by atoms with Crippen molar-refractivity contribution in [2.75, 3.05) is 19.7 Å². The molecule has 1 amide bonds. The molecule has 128 valence electrons. The Morgan fingerprint density at radius 3 is 2.13 bits per heavy atom. The average Bonchev–Trinajstić information content (AvgIpc) is 2.49. The number of hydrogen-bond acceptors (Lipinski definition) is 3. The largest absolute Gasteiger partial charge is 0.455 e. The molecular formula is C19H29NO3. The second-order valence-corrected chi connectivity index (χ2v) is 7.93. The van der Waals surface area contributed by atoms with Gasteiger partial charge < -0.3 is 9.64 Å². The highest BCUT2D eigenvalue weighted by Crippen LogP contribution is 2.56. The van der Waals surface area contributed by atoms with Crippen molar-refractivity contribution >= 4 is 11.9 Å². The molecule has 4 rings (SSSR count). The summed E-state index contributed by atoms with van der Waals surface area (Å²) in [5, 5.41) is 0. The molecular weight excluding hydrogens is 290 g/mol. The molecule has 4 bridgehead atoms. The lowest BCUT2D eigenvalue weighted by Crippen LogP contribution is -2.49. The minimum atomic E-state index is -0.126. The molecule has 0 aromatic carbocycles. The van der Waals surface area contributed by atoms with Crippen molar-refractivity contribution in [3.63, 3.8) is 0 Å². The van der Waals surface area contributed by atoms with E-state index in [4.69, 9.17) is 4.74 Å². The number of hydrogen-bond donors (Lipinski definition) is 0. The van der Waals surface area contributed by atoms with Gasteiger partial charge in [0, 0.05) is 13.1 Å². The maximum atomic E-state index is 12.6. The Morgan fingerprint density at radius 2 is 1.65 bits per heavy atom. The van der Waals surface area contributed by atoms with E-state index in [9.17, 15) is 9.59 Å². The van der Waals surface area contributed by atoms with Crippen LogP contribution in [0.2, 0.25) is 0 Å². The topological polar surface area (TPSA) is 46.6 Å². The molecule has 0 aromatic rings. The number of amides is 1. The molecule has 4 fully saturated rings. The number of rotatable bonds is 6. The van der Waals surface area contributed by atoms with Gasteiger partial charge in [0.2, 0.25) is 0 Å². The first-order valence-corrected chi connectivity index (χ1v) is 9.06. The van der Waals surface area contributed by atoms with Crippen molar-refractivity contribution in [2.45, 2.75) is 46.0 Å². The lowest BCUT2D eigenvalue weighted by atomic mass is 9.52. The van der Waals surface area contributed by atoms with Crippen molar-refractivity contribution in [1.29, 1.82) is 0 Å². The average molecular weight is 319 g/mol. The Kier molecular flexibility index (Phi) is 4.79. The molecule has 0 atom stereocenters. The number of carbonyl (C=O) groups is 2. The van der Waals surface area contributed by atoms with Crippen LogP contribution >= 0.6 is 0 Å². The van der Waals surface area contributed by atoms with Gasteiger partial charge in [-0.25, -0.2) is 0 Å². The summed E-state index contributed by atoms with van der Waals surface area (Å²) >= 11 is 0. The maximum absolute atomic E-state index is 12.6. The molecule has 0 spiro atoms. The van der Waals surface area contributed by atoms with Crippen molar-refractivity contribution in [2.24, 2.45) is 29.6 Å². The molecule has 0 heterocycles. The van der Waals surface area contributed by atoms with E-state index in [2.05, 4.69) is 6.58 Å². The van der Waals surface area contributed by atoms with Crippen molar-refractivity contribution in [3.8, 4) is 0 Å². The lowest BCUT2D eigenvalue weighted by Gasteiger charge is -2.53. The molecule has 4 heteroatoms. The van der Waals surface area contributed by atoms with Gasteiger partial charge in [0.05, 0.1) is 5.92 Å². The van der Waals surface area contributed by atoms with Crippen LogP contribution in [0.1, 0.15) is 46.0 Å². The number of esters is 1. The molecule has 23 heavy (non-hydrogen) atoms. The summed E-state index contributed by atoms with van der Waals surface area (Å²) < 4.78 is 5.43. The van der Waals surface area contributed by atoms with Crippen LogP contribution in [0.5, 0.6) is 0 Å². The highest BCUT2D eigenvalue weighted by Gasteiger charge is 2.51. The first-order chi connectivity index (χ1) is 11.0. The number of likely N-dealkylation sites (N-methyl/N-ethyl adjacent to an activating group) is 1. The van der Waals surface area contributed by atoms with Gasteiger partial charge >= 0.3 is 5.97 Å². The van der Waals surface area contributed by atoms with Gasteiger partial charge in [-0.2, -0.15) is 0 Å². The summed E-state index contributed by atoms with van der Waals surface area (Å²) in [7, 11) is 0. The minimum absolute atomic E-state index is 0.0480. The first-order valence-electron chi connectivity index (χ1n) is 9.06. The SMILES string of the molecule is C=C(C)CN(CC)C(=O)COC(=O)C1C2CC3CC(C2)CC1C3. The number of nitrogens with zero attached hydrogens (tertiary/aromatic N) is 1. The molecule has 0 radical (unpaired) electrons. The summed E-state index contributed by atoms with van der Waals surface area (Å²) in [5.74, 6) is 2.50. The van der Waals surface area contributed by atoms with Gasteiger partial charge in [0.25, 0.3) is 5.91 Å². The number of carbonyl (C=O) groups excluding carboxylic acids is 2. The van der Waals surface area contributed by atoms with Crippen molar-refractivity contribution in [1.82, 2.24) is 4.90 Å². The highest BCUT2D eigenvalue weighted by molar-refractivity contribution is 5.81. The van der Waals surface area contributed by atoms with E-state index in [-0.39, 0.29) is 24.4 Å². The fourth-order valence-electron chi connectivity index (χ4n) is 5.33. The molecule has 4 nitrogen and oxygen atoms in total. The second-order valence-electron chi connectivity index (χ2n) is 7.93. The van der Waals surface area contributed by atoms with E-state index in [0.717, 1.165) is 17.4 Å². The van der Waals surface area contributed by atoms with Crippen molar-refractivity contribution in [3.05, 3.63) is 12.2 Å². The molecule has 0 N–H and O–H groups in total. The van der Waals surface area contributed by atoms with E-state index in [0.29, 0.717) is 24.9 Å². The van der Waals surface area contributed by atoms with Gasteiger partial charge in [-0.1, -0.05) is 12.2 Å². The summed E-state index contributed by atoms with van der Waals surface area (Å²) in [4.78, 5) is 26.5. The summed E-state index contributed by atoms with van der Waals surface area (Å²) in [6.45, 7) is 8.70. The zero-order chi connectivity index (χ0) is 16.6. The van der Waals surface area contributed by atoms with E-state index in [1.807, 2.05) is 13.8 Å². The molecule has 4 aliphatic rings. The second kappa shape index (κ2) is 6.66. The van der Waals surface area contributed by atoms with Gasteiger partial charge in [0.1, 0.15) is 0 Å². The summed E-state index contributed by atoms with van der Waals surface area (Å²) in [5.41, 5.74) is 0.938. The van der Waals surface area contributed by atoms with Gasteiger partial charge in [-0.05, 0) is 69.6 Å². The highest BCUT2D eigenvalue weighted by atomic mass is 16.5. The minimum Gasteiger partial charge on any atom is -0.455 e. The third-order valence-electron chi connectivity index (χ3n) is 6.03.